The van der Waals surface area contributed by atoms with Crippen molar-refractivity contribution in [3.05, 3.63) is 42.6 Å². The van der Waals surface area contributed by atoms with Crippen LogP contribution in [0.25, 0.3) is 11.3 Å². The van der Waals surface area contributed by atoms with Crippen LogP contribution in [0.4, 0.5) is 5.69 Å². The number of amides is 1. The summed E-state index contributed by atoms with van der Waals surface area (Å²) in [6.07, 6.45) is 2.42. The molecule has 1 N–H and O–H groups in total. The van der Waals surface area contributed by atoms with Crippen LogP contribution in [0.3, 0.4) is 0 Å². The number of ether oxygens (including phenoxy) is 1. The van der Waals surface area contributed by atoms with Crippen molar-refractivity contribution in [3.8, 4) is 17.0 Å². The number of nitrogens with one attached hydrogen (secondary N) is 1. The molecule has 0 bridgehead atoms. The Labute approximate surface area is 121 Å². The predicted octanol–water partition coefficient (Wildman–Crippen LogP) is 1.88. The highest BCUT2D eigenvalue weighted by atomic mass is 16.5. The molecule has 6 nitrogen and oxygen atoms in total. The first kappa shape index (κ1) is 13.1. The summed E-state index contributed by atoms with van der Waals surface area (Å²) in [5.41, 5.74) is 2.53. The lowest BCUT2D eigenvalue weighted by Crippen LogP contribution is -2.25. The molecule has 1 aromatic heterocycles. The molecule has 0 spiro atoms. The largest absolute Gasteiger partial charge is 0.482 e. The molecule has 0 aliphatic carbocycles. The molecule has 0 saturated carbocycles. The minimum atomic E-state index is -0.189. The number of anilines is 1. The summed E-state index contributed by atoms with van der Waals surface area (Å²) < 4.78 is 6.88. The molecule has 21 heavy (non-hydrogen) atoms. The van der Waals surface area contributed by atoms with Gasteiger partial charge in [-0.2, -0.15) is 5.10 Å². The van der Waals surface area contributed by atoms with E-state index in [4.69, 9.17) is 4.74 Å². The van der Waals surface area contributed by atoms with E-state index in [1.165, 1.54) is 0 Å². The van der Waals surface area contributed by atoms with Crippen LogP contribution in [0.2, 0.25) is 0 Å². The van der Waals surface area contributed by atoms with Crippen molar-refractivity contribution in [1.29, 1.82) is 0 Å². The maximum Gasteiger partial charge on any atom is 0.262 e. The molecule has 1 aromatic carbocycles. The van der Waals surface area contributed by atoms with Crippen molar-refractivity contribution in [2.75, 3.05) is 11.9 Å². The SMILES string of the molecule is C=CCn1nc(-c2ccc3c(c2)NC(=O)CO3)cc1C=O. The molecule has 2 heterocycles. The van der Waals surface area contributed by atoms with Crippen molar-refractivity contribution >= 4 is 17.9 Å². The highest BCUT2D eigenvalue weighted by Crippen LogP contribution is 2.32. The lowest BCUT2D eigenvalue weighted by molar-refractivity contribution is -0.118. The maximum atomic E-state index is 11.4. The molecule has 1 aliphatic rings. The normalized spacial score (nSPS) is 13.0. The number of hydrogen-bond donors (Lipinski definition) is 1. The van der Waals surface area contributed by atoms with E-state index in [-0.39, 0.29) is 12.5 Å². The van der Waals surface area contributed by atoms with E-state index in [0.717, 1.165) is 11.8 Å². The molecule has 0 fully saturated rings. The first-order valence-electron chi connectivity index (χ1n) is 6.42. The average Bonchev–Trinajstić information content (AvgIpc) is 2.90. The zero-order valence-electron chi connectivity index (χ0n) is 11.2. The second-order valence-corrected chi connectivity index (χ2v) is 4.59. The third-order valence-electron chi connectivity index (χ3n) is 3.14. The van der Waals surface area contributed by atoms with E-state index in [1.54, 1.807) is 29.0 Å². The van der Waals surface area contributed by atoms with Crippen LogP contribution < -0.4 is 10.1 Å². The van der Waals surface area contributed by atoms with Crippen molar-refractivity contribution in [2.45, 2.75) is 6.54 Å². The number of benzene rings is 1. The molecule has 1 amide bonds. The zero-order valence-corrected chi connectivity index (χ0v) is 11.2. The van der Waals surface area contributed by atoms with Gasteiger partial charge in [0.25, 0.3) is 5.91 Å². The Morgan fingerprint density at radius 2 is 2.29 bits per heavy atom. The van der Waals surface area contributed by atoms with E-state index in [0.29, 0.717) is 29.4 Å². The monoisotopic (exact) mass is 283 g/mol. The highest BCUT2D eigenvalue weighted by Gasteiger charge is 2.17. The van der Waals surface area contributed by atoms with Gasteiger partial charge in [0.2, 0.25) is 0 Å². The number of carbonyl (C=O) groups excluding carboxylic acids is 2. The smallest absolute Gasteiger partial charge is 0.262 e. The Morgan fingerprint density at radius 1 is 1.43 bits per heavy atom. The van der Waals surface area contributed by atoms with Gasteiger partial charge >= 0.3 is 0 Å². The molecule has 3 rings (SSSR count). The molecule has 6 heteroatoms. The van der Waals surface area contributed by atoms with Gasteiger partial charge in [-0.1, -0.05) is 6.08 Å². The fourth-order valence-corrected chi connectivity index (χ4v) is 2.18. The molecule has 1 aliphatic heterocycles. The van der Waals surface area contributed by atoms with Gasteiger partial charge in [-0.15, -0.1) is 6.58 Å². The quantitative estimate of drug-likeness (QED) is 0.687. The van der Waals surface area contributed by atoms with E-state index in [9.17, 15) is 9.59 Å². The van der Waals surface area contributed by atoms with Gasteiger partial charge in [0, 0.05) is 5.56 Å². The van der Waals surface area contributed by atoms with Gasteiger partial charge in [0.1, 0.15) is 11.4 Å². The number of rotatable bonds is 4. The molecule has 0 atom stereocenters. The van der Waals surface area contributed by atoms with Crippen LogP contribution >= 0.6 is 0 Å². The van der Waals surface area contributed by atoms with Gasteiger partial charge in [-0.3, -0.25) is 14.3 Å². The molecule has 0 radical (unpaired) electrons. The van der Waals surface area contributed by atoms with Crippen LogP contribution in [-0.4, -0.2) is 28.6 Å². The highest BCUT2D eigenvalue weighted by molar-refractivity contribution is 5.96. The summed E-state index contributed by atoms with van der Waals surface area (Å²) in [5.74, 6) is 0.435. The summed E-state index contributed by atoms with van der Waals surface area (Å²) in [6, 6.07) is 7.09. The van der Waals surface area contributed by atoms with E-state index in [2.05, 4.69) is 17.0 Å². The second kappa shape index (κ2) is 5.24. The van der Waals surface area contributed by atoms with Crippen molar-refractivity contribution < 1.29 is 14.3 Å². The molecule has 106 valence electrons. The predicted molar refractivity (Wildman–Crippen MR) is 77.4 cm³/mol. The molecule has 0 unspecified atom stereocenters. The number of aldehydes is 1. The molecule has 0 saturated heterocycles. The van der Waals surface area contributed by atoms with Gasteiger partial charge in [-0.05, 0) is 24.3 Å². The van der Waals surface area contributed by atoms with Gasteiger partial charge < -0.3 is 10.1 Å². The van der Waals surface area contributed by atoms with E-state index in [1.807, 2.05) is 6.07 Å². The Morgan fingerprint density at radius 3 is 3.05 bits per heavy atom. The second-order valence-electron chi connectivity index (χ2n) is 4.59. The Bertz CT molecular complexity index is 734. The van der Waals surface area contributed by atoms with Crippen molar-refractivity contribution in [2.24, 2.45) is 0 Å². The summed E-state index contributed by atoms with van der Waals surface area (Å²) in [5, 5.41) is 7.12. The van der Waals surface area contributed by atoms with Gasteiger partial charge in [0.05, 0.1) is 17.9 Å². The average molecular weight is 283 g/mol. The van der Waals surface area contributed by atoms with Crippen LogP contribution in [-0.2, 0) is 11.3 Å². The Hall–Kier alpha value is -2.89. The molecule has 2 aromatic rings. The van der Waals surface area contributed by atoms with Crippen molar-refractivity contribution in [1.82, 2.24) is 9.78 Å². The fourth-order valence-electron chi connectivity index (χ4n) is 2.18. The summed E-state index contributed by atoms with van der Waals surface area (Å²) in [4.78, 5) is 22.4. The number of nitrogens with zero attached hydrogens (tertiary/aromatic N) is 2. The first-order valence-corrected chi connectivity index (χ1v) is 6.42. The van der Waals surface area contributed by atoms with Crippen LogP contribution in [0.5, 0.6) is 5.75 Å². The lowest BCUT2D eigenvalue weighted by Gasteiger charge is -2.18. The van der Waals surface area contributed by atoms with Crippen LogP contribution in [0.15, 0.2) is 36.9 Å². The zero-order chi connectivity index (χ0) is 14.8. The number of aromatic nitrogens is 2. The standard InChI is InChI=1S/C15H13N3O3/c1-2-5-18-11(8-19)7-12(17-18)10-3-4-14-13(6-10)16-15(20)9-21-14/h2-4,6-8H,1,5,9H2,(H,16,20). The number of fused-ring (bicyclic) bond motifs is 1. The topological polar surface area (TPSA) is 73.2 Å². The lowest BCUT2D eigenvalue weighted by atomic mass is 10.1. The van der Waals surface area contributed by atoms with Crippen LogP contribution in [0, 0.1) is 0 Å². The third kappa shape index (κ3) is 2.43. The van der Waals surface area contributed by atoms with Crippen LogP contribution in [0.1, 0.15) is 10.5 Å². The molecular formula is C15H13N3O3. The Balaban J connectivity index is 2.00. The number of hydrogen-bond acceptors (Lipinski definition) is 4. The maximum absolute atomic E-state index is 11.4. The fraction of sp³-hybridized carbons (Fsp3) is 0.133. The summed E-state index contributed by atoms with van der Waals surface area (Å²) in [6.45, 7) is 4.12. The Kier molecular flexibility index (Phi) is 3.27. The minimum absolute atomic E-state index is 0.0234. The van der Waals surface area contributed by atoms with Gasteiger partial charge in [-0.25, -0.2) is 0 Å². The molecular weight excluding hydrogens is 270 g/mol. The summed E-state index contributed by atoms with van der Waals surface area (Å²) in [7, 11) is 0. The van der Waals surface area contributed by atoms with Gasteiger partial charge in [0.15, 0.2) is 12.9 Å². The first-order chi connectivity index (χ1) is 10.2. The number of carbonyl (C=O) groups is 2. The van der Waals surface area contributed by atoms with E-state index < -0.39 is 0 Å². The minimum Gasteiger partial charge on any atom is -0.482 e. The number of allylic oxidation sites excluding steroid dienone is 1. The van der Waals surface area contributed by atoms with E-state index >= 15 is 0 Å². The third-order valence-corrected chi connectivity index (χ3v) is 3.14. The van der Waals surface area contributed by atoms with Crippen molar-refractivity contribution in [3.63, 3.8) is 0 Å². The summed E-state index contributed by atoms with van der Waals surface area (Å²) >= 11 is 0.